The molecule has 0 unspecified atom stereocenters. The summed E-state index contributed by atoms with van der Waals surface area (Å²) in [5.41, 5.74) is 0.898. The highest BCUT2D eigenvalue weighted by Crippen LogP contribution is 2.29. The van der Waals surface area contributed by atoms with Gasteiger partial charge in [-0.25, -0.2) is 4.39 Å². The Labute approximate surface area is 202 Å². The third-order valence-corrected chi connectivity index (χ3v) is 6.41. The molecule has 182 valence electrons. The lowest BCUT2D eigenvalue weighted by Gasteiger charge is -2.44. The Hall–Kier alpha value is -2.52. The second-order valence-corrected chi connectivity index (χ2v) is 9.11. The summed E-state index contributed by atoms with van der Waals surface area (Å²) in [4.78, 5) is 27.2. The number of halogens is 2. The molecule has 0 saturated carbocycles. The number of hydrogen-bond donors (Lipinski definition) is 2. The standard InChI is InChI=1S/C25H28ClFN2O5/c26-17-7-5-16(6-8-17)12-28-24(31)11-19-9-10-22-23(34-19)15-33-14-18(30)13-29(22)25(32)20-3-1-2-4-21(20)27/h1-8,18-19,22-23,30H,9-15H2,(H,28,31)/t18-,19+,22-,23+/m0/s1. The summed E-state index contributed by atoms with van der Waals surface area (Å²) in [5, 5.41) is 13.8. The maximum Gasteiger partial charge on any atom is 0.257 e. The Bertz CT molecular complexity index is 1010. The molecule has 4 rings (SSSR count). The zero-order chi connectivity index (χ0) is 24.1. The smallest absolute Gasteiger partial charge is 0.257 e. The monoisotopic (exact) mass is 490 g/mol. The summed E-state index contributed by atoms with van der Waals surface area (Å²) < 4.78 is 26.1. The lowest BCUT2D eigenvalue weighted by Crippen LogP contribution is -2.57. The molecule has 2 aliphatic rings. The molecule has 2 amide bonds. The van der Waals surface area contributed by atoms with Gasteiger partial charge in [-0.1, -0.05) is 35.9 Å². The van der Waals surface area contributed by atoms with E-state index in [2.05, 4.69) is 5.32 Å². The number of amides is 2. The number of carbonyl (C=O) groups excluding carboxylic acids is 2. The molecule has 2 heterocycles. The third-order valence-electron chi connectivity index (χ3n) is 6.16. The first-order chi connectivity index (χ1) is 16.4. The van der Waals surface area contributed by atoms with Gasteiger partial charge in [0.25, 0.3) is 5.91 Å². The first kappa shape index (κ1) is 24.6. The first-order valence-electron chi connectivity index (χ1n) is 11.4. The van der Waals surface area contributed by atoms with Crippen molar-refractivity contribution in [1.29, 1.82) is 0 Å². The Morgan fingerprint density at radius 1 is 1.12 bits per heavy atom. The summed E-state index contributed by atoms with van der Waals surface area (Å²) in [6.07, 6.45) is -0.410. The van der Waals surface area contributed by atoms with Crippen molar-refractivity contribution in [3.8, 4) is 0 Å². The lowest BCUT2D eigenvalue weighted by atomic mass is 9.94. The summed E-state index contributed by atoms with van der Waals surface area (Å²) in [6, 6.07) is 12.7. The Kier molecular flexibility index (Phi) is 8.15. The van der Waals surface area contributed by atoms with Gasteiger partial charge in [-0.15, -0.1) is 0 Å². The fourth-order valence-electron chi connectivity index (χ4n) is 4.45. The summed E-state index contributed by atoms with van der Waals surface area (Å²) in [5.74, 6) is -1.24. The van der Waals surface area contributed by atoms with E-state index in [0.717, 1.165) is 5.56 Å². The Morgan fingerprint density at radius 3 is 2.65 bits per heavy atom. The number of aliphatic hydroxyl groups excluding tert-OH is 1. The minimum atomic E-state index is -0.881. The first-order valence-corrected chi connectivity index (χ1v) is 11.8. The van der Waals surface area contributed by atoms with Crippen molar-refractivity contribution >= 4 is 23.4 Å². The van der Waals surface area contributed by atoms with Gasteiger partial charge in [0.2, 0.25) is 5.91 Å². The highest BCUT2D eigenvalue weighted by Gasteiger charge is 2.40. The molecule has 2 aromatic rings. The molecule has 0 bridgehead atoms. The van der Waals surface area contributed by atoms with E-state index in [4.69, 9.17) is 21.1 Å². The van der Waals surface area contributed by atoms with E-state index < -0.39 is 30.0 Å². The highest BCUT2D eigenvalue weighted by atomic mass is 35.5. The van der Waals surface area contributed by atoms with Gasteiger partial charge in [0.05, 0.1) is 43.4 Å². The van der Waals surface area contributed by atoms with Gasteiger partial charge in [-0.05, 0) is 42.7 Å². The number of carbonyl (C=O) groups is 2. The maximum absolute atomic E-state index is 14.3. The van der Waals surface area contributed by atoms with Crippen molar-refractivity contribution in [1.82, 2.24) is 10.2 Å². The number of benzene rings is 2. The molecule has 9 heteroatoms. The van der Waals surface area contributed by atoms with Crippen LogP contribution in [0.15, 0.2) is 48.5 Å². The summed E-state index contributed by atoms with van der Waals surface area (Å²) in [7, 11) is 0. The molecule has 34 heavy (non-hydrogen) atoms. The molecule has 0 radical (unpaired) electrons. The number of ether oxygens (including phenoxy) is 2. The van der Waals surface area contributed by atoms with Crippen LogP contribution in [0.1, 0.15) is 35.2 Å². The van der Waals surface area contributed by atoms with Crippen LogP contribution >= 0.6 is 11.6 Å². The number of nitrogens with zero attached hydrogens (tertiary/aromatic N) is 1. The van der Waals surface area contributed by atoms with Crippen molar-refractivity contribution < 1.29 is 28.6 Å². The third kappa shape index (κ3) is 6.13. The maximum atomic E-state index is 14.3. The van der Waals surface area contributed by atoms with Crippen LogP contribution in [0.4, 0.5) is 4.39 Å². The fraction of sp³-hybridized carbons (Fsp3) is 0.440. The number of hydrogen-bond acceptors (Lipinski definition) is 5. The van der Waals surface area contributed by atoms with Crippen molar-refractivity contribution in [2.45, 2.75) is 50.2 Å². The van der Waals surface area contributed by atoms with Crippen LogP contribution < -0.4 is 5.32 Å². The fourth-order valence-corrected chi connectivity index (χ4v) is 4.57. The van der Waals surface area contributed by atoms with Crippen molar-refractivity contribution in [2.75, 3.05) is 19.8 Å². The number of aliphatic hydroxyl groups is 1. The molecule has 7 nitrogen and oxygen atoms in total. The van der Waals surface area contributed by atoms with Gasteiger partial charge >= 0.3 is 0 Å². The molecule has 2 saturated heterocycles. The molecule has 0 aromatic heterocycles. The predicted octanol–water partition coefficient (Wildman–Crippen LogP) is 2.94. The van der Waals surface area contributed by atoms with E-state index in [1.807, 2.05) is 12.1 Å². The van der Waals surface area contributed by atoms with E-state index in [-0.39, 0.29) is 43.8 Å². The molecule has 2 aromatic carbocycles. The molecule has 2 aliphatic heterocycles. The Morgan fingerprint density at radius 2 is 1.88 bits per heavy atom. The van der Waals surface area contributed by atoms with Gasteiger partial charge in [0, 0.05) is 18.1 Å². The normalized spacial score (nSPS) is 25.1. The van der Waals surface area contributed by atoms with Gasteiger partial charge in [-0.2, -0.15) is 0 Å². The molecule has 0 spiro atoms. The van der Waals surface area contributed by atoms with E-state index in [9.17, 15) is 19.1 Å². The van der Waals surface area contributed by atoms with Gasteiger partial charge in [-0.3, -0.25) is 9.59 Å². The van der Waals surface area contributed by atoms with Crippen LogP contribution in [0.25, 0.3) is 0 Å². The van der Waals surface area contributed by atoms with Crippen LogP contribution in [0.2, 0.25) is 5.02 Å². The molecular formula is C25H28ClFN2O5. The van der Waals surface area contributed by atoms with Crippen molar-refractivity contribution in [2.24, 2.45) is 0 Å². The van der Waals surface area contributed by atoms with E-state index in [1.54, 1.807) is 18.2 Å². The quantitative estimate of drug-likeness (QED) is 0.673. The minimum absolute atomic E-state index is 0.0178. The number of fused-ring (bicyclic) bond motifs is 1. The van der Waals surface area contributed by atoms with Crippen LogP contribution in [0.3, 0.4) is 0 Å². The molecule has 0 aliphatic carbocycles. The van der Waals surface area contributed by atoms with Crippen LogP contribution in [-0.4, -0.2) is 65.9 Å². The van der Waals surface area contributed by atoms with E-state index >= 15 is 0 Å². The van der Waals surface area contributed by atoms with E-state index in [1.165, 1.54) is 23.1 Å². The number of β-amino-alcohol motifs (C(OH)–C–C–N with tert-alkyl or cyclic N) is 1. The lowest BCUT2D eigenvalue weighted by molar-refractivity contribution is -0.151. The minimum Gasteiger partial charge on any atom is -0.389 e. The average Bonchev–Trinajstić information content (AvgIpc) is 2.81. The highest BCUT2D eigenvalue weighted by molar-refractivity contribution is 6.30. The predicted molar refractivity (Wildman–Crippen MR) is 124 cm³/mol. The van der Waals surface area contributed by atoms with Gasteiger partial charge in [0.15, 0.2) is 0 Å². The second-order valence-electron chi connectivity index (χ2n) is 8.68. The van der Waals surface area contributed by atoms with Gasteiger partial charge < -0.3 is 24.8 Å². The average molecular weight is 491 g/mol. The molecule has 2 N–H and O–H groups in total. The van der Waals surface area contributed by atoms with Crippen LogP contribution in [0, 0.1) is 5.82 Å². The SMILES string of the molecule is O=C(C[C@H]1CC[C@H]2[C@@H](COC[C@@H](O)CN2C(=O)c2ccccc2F)O1)NCc1ccc(Cl)cc1. The summed E-state index contributed by atoms with van der Waals surface area (Å²) in [6.45, 7) is 0.621. The van der Waals surface area contributed by atoms with Crippen LogP contribution in [-0.2, 0) is 20.8 Å². The largest absolute Gasteiger partial charge is 0.389 e. The number of rotatable bonds is 5. The van der Waals surface area contributed by atoms with E-state index in [0.29, 0.717) is 24.4 Å². The summed E-state index contributed by atoms with van der Waals surface area (Å²) >= 11 is 5.89. The zero-order valence-electron chi connectivity index (χ0n) is 18.7. The van der Waals surface area contributed by atoms with Crippen LogP contribution in [0.5, 0.6) is 0 Å². The molecular weight excluding hydrogens is 463 g/mol. The molecule has 2 fully saturated rings. The zero-order valence-corrected chi connectivity index (χ0v) is 19.4. The molecule has 4 atom stereocenters. The second kappa shape index (κ2) is 11.3. The number of nitrogens with one attached hydrogen (secondary N) is 1. The van der Waals surface area contributed by atoms with Gasteiger partial charge in [0.1, 0.15) is 11.9 Å². The van der Waals surface area contributed by atoms with Crippen molar-refractivity contribution in [3.05, 3.63) is 70.5 Å². The Balaban J connectivity index is 1.39. The van der Waals surface area contributed by atoms with Crippen molar-refractivity contribution in [3.63, 3.8) is 0 Å². The topological polar surface area (TPSA) is 88.1 Å².